The van der Waals surface area contributed by atoms with Crippen molar-refractivity contribution in [3.8, 4) is 33.6 Å². The lowest BCUT2D eigenvalue weighted by molar-refractivity contribution is 0.332. The van der Waals surface area contributed by atoms with Crippen molar-refractivity contribution in [2.75, 3.05) is 0 Å². The van der Waals surface area contributed by atoms with Crippen LogP contribution in [0, 0.1) is 0 Å². The zero-order valence-corrected chi connectivity index (χ0v) is 34.6. The minimum Gasteiger partial charge on any atom is -0.309 e. The van der Waals surface area contributed by atoms with Gasteiger partial charge in [0.25, 0.3) is 0 Å². The summed E-state index contributed by atoms with van der Waals surface area (Å²) in [6.07, 6.45) is 2.37. The van der Waals surface area contributed by atoms with E-state index >= 15 is 0 Å². The molecule has 0 amide bonds. The molecular formula is C58H46N2. The topological polar surface area (TPSA) is 9.86 Å². The summed E-state index contributed by atoms with van der Waals surface area (Å²) in [5.41, 5.74) is 15.4. The quantitative estimate of drug-likeness (QED) is 0.158. The van der Waals surface area contributed by atoms with Gasteiger partial charge in [0, 0.05) is 38.3 Å². The van der Waals surface area contributed by atoms with Gasteiger partial charge in [0.1, 0.15) is 0 Å². The monoisotopic (exact) mass is 770 g/mol. The van der Waals surface area contributed by atoms with E-state index in [4.69, 9.17) is 0 Å². The molecule has 0 unspecified atom stereocenters. The summed E-state index contributed by atoms with van der Waals surface area (Å²) in [4.78, 5) is 0. The van der Waals surface area contributed by atoms with Gasteiger partial charge >= 0.3 is 0 Å². The van der Waals surface area contributed by atoms with Crippen molar-refractivity contribution >= 4 is 65.2 Å². The molecule has 0 radical (unpaired) electrons. The van der Waals surface area contributed by atoms with E-state index < -0.39 is 0 Å². The minimum atomic E-state index is 0.101. The van der Waals surface area contributed by atoms with Gasteiger partial charge in [0.05, 0.1) is 22.1 Å². The lowest BCUT2D eigenvalue weighted by Gasteiger charge is -2.42. The highest BCUT2D eigenvalue weighted by atomic mass is 15.0. The Morgan fingerprint density at radius 2 is 0.817 bits per heavy atom. The molecule has 2 nitrogen and oxygen atoms in total. The predicted octanol–water partition coefficient (Wildman–Crippen LogP) is 15.9. The molecule has 2 aromatic heterocycles. The van der Waals surface area contributed by atoms with Crippen molar-refractivity contribution in [1.82, 2.24) is 9.13 Å². The van der Waals surface area contributed by atoms with E-state index in [9.17, 15) is 0 Å². The average molecular weight is 771 g/mol. The molecule has 12 rings (SSSR count). The van der Waals surface area contributed by atoms with Crippen molar-refractivity contribution in [1.29, 1.82) is 0 Å². The molecule has 2 heterocycles. The number of fused-ring (bicyclic) bond motifs is 12. The fourth-order valence-electron chi connectivity index (χ4n) is 10.7. The number of hydrogen-bond acceptors (Lipinski definition) is 0. The number of para-hydroxylation sites is 1. The van der Waals surface area contributed by atoms with Gasteiger partial charge in [0.2, 0.25) is 0 Å². The smallest absolute Gasteiger partial charge is 0.0625 e. The van der Waals surface area contributed by atoms with Crippen LogP contribution in [0.3, 0.4) is 0 Å². The highest BCUT2D eigenvalue weighted by Gasteiger charge is 2.38. The largest absolute Gasteiger partial charge is 0.309 e. The van der Waals surface area contributed by atoms with Crippen LogP contribution in [0.1, 0.15) is 51.7 Å². The number of rotatable bonds is 4. The molecule has 0 N–H and O–H groups in total. The zero-order chi connectivity index (χ0) is 40.3. The molecule has 0 fully saturated rings. The van der Waals surface area contributed by atoms with E-state index in [0.717, 1.165) is 5.69 Å². The van der Waals surface area contributed by atoms with Crippen LogP contribution >= 0.6 is 0 Å². The summed E-state index contributed by atoms with van der Waals surface area (Å²) in [7, 11) is 0. The summed E-state index contributed by atoms with van der Waals surface area (Å²) >= 11 is 0. The van der Waals surface area contributed by atoms with E-state index in [-0.39, 0.29) is 10.8 Å². The van der Waals surface area contributed by atoms with Crippen molar-refractivity contribution in [2.24, 2.45) is 0 Å². The van der Waals surface area contributed by atoms with E-state index in [2.05, 4.69) is 219 Å². The van der Waals surface area contributed by atoms with Crippen LogP contribution in [0.2, 0.25) is 0 Å². The van der Waals surface area contributed by atoms with Gasteiger partial charge in [-0.05, 0) is 128 Å². The Kier molecular flexibility index (Phi) is 7.48. The highest BCUT2D eigenvalue weighted by Crippen LogP contribution is 2.50. The van der Waals surface area contributed by atoms with Crippen LogP contribution in [-0.2, 0) is 10.8 Å². The fourth-order valence-corrected chi connectivity index (χ4v) is 10.7. The Morgan fingerprint density at radius 3 is 1.50 bits per heavy atom. The maximum absolute atomic E-state index is 2.57. The number of benzene rings is 9. The van der Waals surface area contributed by atoms with Crippen molar-refractivity contribution in [2.45, 2.75) is 51.4 Å². The average Bonchev–Trinajstić information content (AvgIpc) is 3.80. The third kappa shape index (κ3) is 5.13. The minimum absolute atomic E-state index is 0.101. The number of nitrogens with zero attached hydrogens (tertiary/aromatic N) is 2. The molecule has 60 heavy (non-hydrogen) atoms. The van der Waals surface area contributed by atoms with Gasteiger partial charge < -0.3 is 9.13 Å². The summed E-state index contributed by atoms with van der Waals surface area (Å²) in [6, 6.07) is 67.9. The highest BCUT2D eigenvalue weighted by molar-refractivity contribution is 6.33. The first kappa shape index (κ1) is 35.1. The van der Waals surface area contributed by atoms with E-state index in [1.54, 1.807) is 0 Å². The van der Waals surface area contributed by atoms with Crippen molar-refractivity contribution in [3.05, 3.63) is 193 Å². The molecule has 0 bridgehead atoms. The molecule has 0 saturated carbocycles. The van der Waals surface area contributed by atoms with Crippen LogP contribution in [0.25, 0.3) is 98.8 Å². The molecule has 11 aromatic rings. The lowest BCUT2D eigenvalue weighted by Crippen LogP contribution is -2.33. The van der Waals surface area contributed by atoms with Crippen LogP contribution in [0.15, 0.2) is 182 Å². The second-order valence-electron chi connectivity index (χ2n) is 18.4. The molecule has 2 heteroatoms. The fraction of sp³-hybridized carbons (Fsp3) is 0.138. The molecular weight excluding hydrogens is 725 g/mol. The van der Waals surface area contributed by atoms with Gasteiger partial charge in [-0.1, -0.05) is 155 Å². The molecule has 0 spiro atoms. The standard InChI is InChI=1S/C58H46N2/c1-57(2)30-31-58(3,4)51-35-52-48(34-50(51)57)47-33-49-54(36-53(47)59(52)41-20-9-6-10-21-41)60(56-46-25-14-12-23-44(46)43-22-11-13-24-45(43)55(49)56)42-28-26-38(27-29-42)40-19-15-18-39(32-40)37-16-7-5-8-17-37/h5-29,32-36H,30-31H2,1-4H3. The van der Waals surface area contributed by atoms with E-state index in [0.29, 0.717) is 0 Å². The molecule has 9 aromatic carbocycles. The second kappa shape index (κ2) is 12.8. The first-order valence-corrected chi connectivity index (χ1v) is 21.5. The first-order chi connectivity index (χ1) is 29.2. The van der Waals surface area contributed by atoms with E-state index in [1.807, 2.05) is 0 Å². The number of aromatic nitrogens is 2. The molecule has 1 aliphatic rings. The summed E-state index contributed by atoms with van der Waals surface area (Å²) in [5.74, 6) is 0. The van der Waals surface area contributed by atoms with Crippen LogP contribution in [0.5, 0.6) is 0 Å². The maximum atomic E-state index is 2.57. The van der Waals surface area contributed by atoms with Crippen LogP contribution in [0.4, 0.5) is 0 Å². The van der Waals surface area contributed by atoms with Gasteiger partial charge in [-0.15, -0.1) is 0 Å². The first-order valence-electron chi connectivity index (χ1n) is 21.5. The molecule has 0 saturated heterocycles. The van der Waals surface area contributed by atoms with Crippen LogP contribution < -0.4 is 0 Å². The van der Waals surface area contributed by atoms with E-state index in [1.165, 1.54) is 117 Å². The SMILES string of the molecule is CC1(C)CCC(C)(C)c2cc3c(cc21)c1cc2c4c5ccccc5c5ccccc5c4n(-c4ccc(-c5cccc(-c6ccccc6)c5)cc4)c2cc1n3-c1ccccc1. The zero-order valence-electron chi connectivity index (χ0n) is 34.6. The Morgan fingerprint density at radius 1 is 0.333 bits per heavy atom. The van der Waals surface area contributed by atoms with Gasteiger partial charge in [-0.3, -0.25) is 0 Å². The molecule has 0 atom stereocenters. The Hall–Kier alpha value is -6.90. The van der Waals surface area contributed by atoms with Crippen molar-refractivity contribution in [3.63, 3.8) is 0 Å². The third-order valence-electron chi connectivity index (χ3n) is 13.9. The van der Waals surface area contributed by atoms with Gasteiger partial charge in [-0.25, -0.2) is 0 Å². The second-order valence-corrected chi connectivity index (χ2v) is 18.4. The summed E-state index contributed by atoms with van der Waals surface area (Å²) < 4.78 is 5.08. The maximum Gasteiger partial charge on any atom is 0.0625 e. The Bertz CT molecular complexity index is 3510. The predicted molar refractivity (Wildman–Crippen MR) is 256 cm³/mol. The third-order valence-corrected chi connectivity index (χ3v) is 13.9. The molecule has 0 aliphatic heterocycles. The number of hydrogen-bond donors (Lipinski definition) is 0. The molecule has 288 valence electrons. The Labute approximate surface area is 351 Å². The van der Waals surface area contributed by atoms with Crippen molar-refractivity contribution < 1.29 is 0 Å². The normalized spacial score (nSPS) is 14.8. The van der Waals surface area contributed by atoms with Crippen LogP contribution in [-0.4, -0.2) is 9.13 Å². The lowest BCUT2D eigenvalue weighted by atomic mass is 9.63. The Balaban J connectivity index is 1.19. The molecule has 1 aliphatic carbocycles. The van der Waals surface area contributed by atoms with Gasteiger partial charge in [0.15, 0.2) is 0 Å². The van der Waals surface area contributed by atoms with Gasteiger partial charge in [-0.2, -0.15) is 0 Å². The summed E-state index contributed by atoms with van der Waals surface area (Å²) in [6.45, 7) is 9.76. The summed E-state index contributed by atoms with van der Waals surface area (Å²) in [5, 5.41) is 10.3.